The molecule has 1 N–H and O–H groups in total. The van der Waals surface area contributed by atoms with Crippen molar-refractivity contribution in [2.24, 2.45) is 4.99 Å². The van der Waals surface area contributed by atoms with Crippen LogP contribution in [0.5, 0.6) is 0 Å². The molecule has 3 nitrogen and oxygen atoms in total. The Morgan fingerprint density at radius 1 is 1.57 bits per heavy atom. The summed E-state index contributed by atoms with van der Waals surface area (Å²) in [6, 6.07) is 0.646. The standard InChI is InChI=1S/C10H21N3S/c1-9(2)13(3)7-4-5-11-10-12-6-8-14-10/h9H,4-8H2,1-3H3,(H,11,12). The highest BCUT2D eigenvalue weighted by atomic mass is 32.2. The third kappa shape index (κ3) is 4.33. The van der Waals surface area contributed by atoms with Crippen LogP contribution in [-0.4, -0.2) is 48.5 Å². The molecule has 0 aromatic heterocycles. The summed E-state index contributed by atoms with van der Waals surface area (Å²) in [5.41, 5.74) is 0. The molecule has 0 spiro atoms. The van der Waals surface area contributed by atoms with E-state index in [0.717, 1.165) is 30.6 Å². The van der Waals surface area contributed by atoms with Crippen LogP contribution < -0.4 is 5.32 Å². The van der Waals surface area contributed by atoms with Crippen LogP contribution in [0.3, 0.4) is 0 Å². The third-order valence-electron chi connectivity index (χ3n) is 2.43. The molecular weight excluding hydrogens is 194 g/mol. The molecule has 1 rings (SSSR count). The Labute approximate surface area is 91.3 Å². The second kappa shape index (κ2) is 6.30. The average Bonchev–Trinajstić information content (AvgIpc) is 2.64. The molecule has 14 heavy (non-hydrogen) atoms. The largest absolute Gasteiger partial charge is 0.365 e. The van der Waals surface area contributed by atoms with Crippen LogP contribution >= 0.6 is 11.8 Å². The normalized spacial score (nSPS) is 16.5. The van der Waals surface area contributed by atoms with Crippen LogP contribution in [0.2, 0.25) is 0 Å². The highest BCUT2D eigenvalue weighted by molar-refractivity contribution is 8.14. The second-order valence-corrected chi connectivity index (χ2v) is 4.97. The van der Waals surface area contributed by atoms with Crippen molar-refractivity contribution in [1.82, 2.24) is 10.2 Å². The maximum Gasteiger partial charge on any atom is 0.156 e. The summed E-state index contributed by atoms with van der Waals surface area (Å²) in [6.45, 7) is 7.64. The van der Waals surface area contributed by atoms with Crippen LogP contribution in [0.25, 0.3) is 0 Å². The van der Waals surface area contributed by atoms with Gasteiger partial charge in [0, 0.05) is 18.3 Å². The molecular formula is C10H21N3S. The number of hydrogen-bond acceptors (Lipinski definition) is 4. The molecule has 0 aromatic carbocycles. The number of hydrogen-bond donors (Lipinski definition) is 1. The average molecular weight is 215 g/mol. The van der Waals surface area contributed by atoms with Gasteiger partial charge in [-0.3, -0.25) is 4.99 Å². The predicted octanol–water partition coefficient (Wildman–Crippen LogP) is 1.41. The van der Waals surface area contributed by atoms with Gasteiger partial charge in [0.1, 0.15) is 0 Å². The first-order valence-electron chi connectivity index (χ1n) is 5.31. The van der Waals surface area contributed by atoms with Gasteiger partial charge in [-0.15, -0.1) is 0 Å². The smallest absolute Gasteiger partial charge is 0.156 e. The zero-order valence-electron chi connectivity index (χ0n) is 9.42. The fraction of sp³-hybridized carbons (Fsp3) is 0.900. The van der Waals surface area contributed by atoms with Gasteiger partial charge in [0.25, 0.3) is 0 Å². The predicted molar refractivity (Wildman–Crippen MR) is 65.1 cm³/mol. The van der Waals surface area contributed by atoms with Gasteiger partial charge in [-0.25, -0.2) is 0 Å². The van der Waals surface area contributed by atoms with Crippen molar-refractivity contribution in [3.8, 4) is 0 Å². The van der Waals surface area contributed by atoms with Crippen LogP contribution in [0.15, 0.2) is 4.99 Å². The minimum atomic E-state index is 0.646. The first-order valence-corrected chi connectivity index (χ1v) is 6.30. The minimum absolute atomic E-state index is 0.646. The fourth-order valence-electron chi connectivity index (χ4n) is 1.22. The molecule has 0 radical (unpaired) electrons. The topological polar surface area (TPSA) is 27.6 Å². The van der Waals surface area contributed by atoms with E-state index >= 15 is 0 Å². The third-order valence-corrected chi connectivity index (χ3v) is 3.36. The van der Waals surface area contributed by atoms with E-state index in [9.17, 15) is 0 Å². The maximum atomic E-state index is 4.34. The Bertz CT molecular complexity index is 192. The summed E-state index contributed by atoms with van der Waals surface area (Å²) in [5, 5.41) is 4.50. The number of nitrogens with zero attached hydrogens (tertiary/aromatic N) is 2. The van der Waals surface area contributed by atoms with Gasteiger partial charge in [0.15, 0.2) is 5.17 Å². The van der Waals surface area contributed by atoms with Crippen molar-refractivity contribution in [2.45, 2.75) is 26.3 Å². The SMILES string of the molecule is CC(C)N(C)CCCNC1=NCCS1. The first-order chi connectivity index (χ1) is 6.70. The van der Waals surface area contributed by atoms with Crippen molar-refractivity contribution in [1.29, 1.82) is 0 Å². The summed E-state index contributed by atoms with van der Waals surface area (Å²) < 4.78 is 0. The lowest BCUT2D eigenvalue weighted by atomic mass is 10.3. The summed E-state index contributed by atoms with van der Waals surface area (Å²) in [7, 11) is 2.17. The quantitative estimate of drug-likeness (QED) is 0.703. The van der Waals surface area contributed by atoms with E-state index in [-0.39, 0.29) is 0 Å². The lowest BCUT2D eigenvalue weighted by Gasteiger charge is -2.20. The Morgan fingerprint density at radius 3 is 2.93 bits per heavy atom. The van der Waals surface area contributed by atoms with E-state index in [4.69, 9.17) is 0 Å². The van der Waals surface area contributed by atoms with Crippen LogP contribution in [0.4, 0.5) is 0 Å². The van der Waals surface area contributed by atoms with Gasteiger partial charge in [-0.2, -0.15) is 0 Å². The number of thioether (sulfide) groups is 1. The molecule has 1 heterocycles. The lowest BCUT2D eigenvalue weighted by molar-refractivity contribution is 0.271. The van der Waals surface area contributed by atoms with E-state index in [1.54, 1.807) is 0 Å². The molecule has 82 valence electrons. The monoisotopic (exact) mass is 215 g/mol. The molecule has 0 saturated carbocycles. The molecule has 0 bridgehead atoms. The van der Waals surface area contributed by atoms with Crippen molar-refractivity contribution in [3.63, 3.8) is 0 Å². The summed E-state index contributed by atoms with van der Waals surface area (Å²) >= 11 is 1.83. The molecule has 1 aliphatic rings. The van der Waals surface area contributed by atoms with Crippen LogP contribution in [0, 0.1) is 0 Å². The van der Waals surface area contributed by atoms with Crippen molar-refractivity contribution in [2.75, 3.05) is 32.4 Å². The highest BCUT2D eigenvalue weighted by Gasteiger charge is 2.06. The van der Waals surface area contributed by atoms with Crippen LogP contribution in [0.1, 0.15) is 20.3 Å². The van der Waals surface area contributed by atoms with Gasteiger partial charge in [-0.05, 0) is 33.9 Å². The number of amidine groups is 1. The molecule has 1 aliphatic heterocycles. The number of rotatable bonds is 5. The van der Waals surface area contributed by atoms with Gasteiger partial charge in [0.05, 0.1) is 6.54 Å². The molecule has 0 amide bonds. The van der Waals surface area contributed by atoms with E-state index in [1.807, 2.05) is 11.8 Å². The molecule has 0 unspecified atom stereocenters. The van der Waals surface area contributed by atoms with Gasteiger partial charge in [0.2, 0.25) is 0 Å². The van der Waals surface area contributed by atoms with Gasteiger partial charge in [-0.1, -0.05) is 11.8 Å². The Kier molecular flexibility index (Phi) is 5.33. The number of aliphatic imine (C=N–C) groups is 1. The molecule has 4 heteroatoms. The molecule has 0 atom stereocenters. The summed E-state index contributed by atoms with van der Waals surface area (Å²) in [6.07, 6.45) is 1.19. The van der Waals surface area contributed by atoms with E-state index < -0.39 is 0 Å². The van der Waals surface area contributed by atoms with Gasteiger partial charge < -0.3 is 10.2 Å². The van der Waals surface area contributed by atoms with E-state index in [2.05, 4.69) is 36.1 Å². The molecule has 0 aliphatic carbocycles. The Balaban J connectivity index is 1.99. The van der Waals surface area contributed by atoms with Crippen molar-refractivity contribution >= 4 is 16.9 Å². The van der Waals surface area contributed by atoms with Gasteiger partial charge >= 0.3 is 0 Å². The highest BCUT2D eigenvalue weighted by Crippen LogP contribution is 2.08. The van der Waals surface area contributed by atoms with Crippen molar-refractivity contribution < 1.29 is 0 Å². The van der Waals surface area contributed by atoms with E-state index in [0.29, 0.717) is 6.04 Å². The summed E-state index contributed by atoms with van der Waals surface area (Å²) in [5.74, 6) is 1.15. The summed E-state index contributed by atoms with van der Waals surface area (Å²) in [4.78, 5) is 6.71. The lowest BCUT2D eigenvalue weighted by Crippen LogP contribution is -2.30. The zero-order chi connectivity index (χ0) is 10.4. The zero-order valence-corrected chi connectivity index (χ0v) is 10.2. The Morgan fingerprint density at radius 2 is 2.36 bits per heavy atom. The van der Waals surface area contributed by atoms with Crippen molar-refractivity contribution in [3.05, 3.63) is 0 Å². The molecule has 0 aromatic rings. The van der Waals surface area contributed by atoms with Crippen LogP contribution in [-0.2, 0) is 0 Å². The molecule has 0 fully saturated rings. The second-order valence-electron chi connectivity index (χ2n) is 3.89. The van der Waals surface area contributed by atoms with E-state index in [1.165, 1.54) is 6.42 Å². The fourth-order valence-corrected chi connectivity index (χ4v) is 1.99. The minimum Gasteiger partial charge on any atom is -0.365 e. The number of nitrogens with one attached hydrogen (secondary N) is 1. The first kappa shape index (κ1) is 11.9. The molecule has 0 saturated heterocycles. The Hall–Kier alpha value is -0.220. The maximum absolute atomic E-state index is 4.34.